The predicted octanol–water partition coefficient (Wildman–Crippen LogP) is 2.94. The van der Waals surface area contributed by atoms with Gasteiger partial charge in [0.05, 0.1) is 0 Å². The summed E-state index contributed by atoms with van der Waals surface area (Å²) in [6, 6.07) is 4.92. The summed E-state index contributed by atoms with van der Waals surface area (Å²) in [4.78, 5) is 0. The van der Waals surface area contributed by atoms with Crippen molar-refractivity contribution in [2.24, 2.45) is 0 Å². The molecule has 4 heteroatoms. The molecule has 0 amide bonds. The van der Waals surface area contributed by atoms with Crippen molar-refractivity contribution in [3.05, 3.63) is 34.6 Å². The van der Waals surface area contributed by atoms with Crippen LogP contribution in [0.15, 0.2) is 18.2 Å². The highest BCUT2D eigenvalue weighted by Crippen LogP contribution is 2.31. The number of rotatable bonds is 1. The monoisotopic (exact) mass is 221 g/mol. The van der Waals surface area contributed by atoms with Crippen molar-refractivity contribution in [3.63, 3.8) is 0 Å². The van der Waals surface area contributed by atoms with Crippen LogP contribution in [0.1, 0.15) is 18.0 Å². The van der Waals surface area contributed by atoms with E-state index >= 15 is 0 Å². The molecule has 1 aliphatic heterocycles. The maximum Gasteiger partial charge on any atom is 0.129 e. The van der Waals surface area contributed by atoms with Gasteiger partial charge in [0.25, 0.3) is 0 Å². The third-order valence-electron chi connectivity index (χ3n) is 2.17. The topological polar surface area (TPSA) is 12.0 Å². The molecule has 0 spiro atoms. The van der Waals surface area contributed by atoms with Gasteiger partial charge in [-0.15, -0.1) is 12.4 Å². The Balaban J connectivity index is 0.000000845. The first-order valence-electron chi connectivity index (χ1n) is 3.96. The maximum atomic E-state index is 13.2. The lowest BCUT2D eigenvalue weighted by Gasteiger charge is -2.28. The highest BCUT2D eigenvalue weighted by atomic mass is 35.5. The van der Waals surface area contributed by atoms with Gasteiger partial charge in [-0.25, -0.2) is 4.39 Å². The summed E-state index contributed by atoms with van der Waals surface area (Å²) in [6.45, 7) is 0.954. The van der Waals surface area contributed by atoms with Crippen molar-refractivity contribution in [1.29, 1.82) is 0 Å². The normalized spacial score (nSPS) is 20.3. The zero-order valence-electron chi connectivity index (χ0n) is 6.89. The van der Waals surface area contributed by atoms with E-state index in [-0.39, 0.29) is 24.3 Å². The van der Waals surface area contributed by atoms with Crippen LogP contribution in [0.5, 0.6) is 0 Å². The highest BCUT2D eigenvalue weighted by Gasteiger charge is 2.23. The molecule has 1 aromatic carbocycles. The van der Waals surface area contributed by atoms with Crippen LogP contribution in [-0.4, -0.2) is 6.54 Å². The molecule has 72 valence electrons. The quantitative estimate of drug-likeness (QED) is 0.770. The molecule has 0 aliphatic carbocycles. The lowest BCUT2D eigenvalue weighted by atomic mass is 9.97. The molecule has 1 nitrogen and oxygen atoms in total. The van der Waals surface area contributed by atoms with E-state index in [0.29, 0.717) is 10.6 Å². The summed E-state index contributed by atoms with van der Waals surface area (Å²) < 4.78 is 13.2. The third-order valence-corrected chi connectivity index (χ3v) is 2.50. The van der Waals surface area contributed by atoms with Crippen molar-refractivity contribution >= 4 is 24.0 Å². The fourth-order valence-electron chi connectivity index (χ4n) is 1.38. The van der Waals surface area contributed by atoms with Crippen LogP contribution in [0, 0.1) is 5.82 Å². The summed E-state index contributed by atoms with van der Waals surface area (Å²) in [6.07, 6.45) is 0.973. The second-order valence-corrected chi connectivity index (χ2v) is 3.34. The Labute approximate surface area is 87.7 Å². The van der Waals surface area contributed by atoms with E-state index in [2.05, 4.69) is 5.32 Å². The Morgan fingerprint density at radius 3 is 2.62 bits per heavy atom. The predicted molar refractivity (Wildman–Crippen MR) is 54.0 cm³/mol. The molecule has 1 atom stereocenters. The van der Waals surface area contributed by atoms with Crippen LogP contribution in [0.4, 0.5) is 4.39 Å². The zero-order valence-corrected chi connectivity index (χ0v) is 8.46. The van der Waals surface area contributed by atoms with Gasteiger partial charge in [-0.1, -0.05) is 17.7 Å². The van der Waals surface area contributed by atoms with Gasteiger partial charge in [0.1, 0.15) is 5.82 Å². The average Bonchev–Trinajstić information content (AvgIpc) is 1.93. The number of nitrogens with one attached hydrogen (secondary N) is 1. The van der Waals surface area contributed by atoms with Crippen LogP contribution in [0.25, 0.3) is 0 Å². The summed E-state index contributed by atoms with van der Waals surface area (Å²) >= 11 is 5.86. The molecule has 13 heavy (non-hydrogen) atoms. The van der Waals surface area contributed by atoms with E-state index in [4.69, 9.17) is 11.6 Å². The van der Waals surface area contributed by atoms with Crippen molar-refractivity contribution in [2.75, 3.05) is 6.54 Å². The molecule has 1 aliphatic rings. The van der Waals surface area contributed by atoms with E-state index < -0.39 is 0 Å². The van der Waals surface area contributed by atoms with Crippen LogP contribution in [0.3, 0.4) is 0 Å². The van der Waals surface area contributed by atoms with Gasteiger partial charge < -0.3 is 5.32 Å². The van der Waals surface area contributed by atoms with Gasteiger partial charge in [0.2, 0.25) is 0 Å². The Bertz CT molecular complexity index is 279. The molecular weight excluding hydrogens is 212 g/mol. The summed E-state index contributed by atoms with van der Waals surface area (Å²) in [5.74, 6) is -0.209. The second kappa shape index (κ2) is 4.27. The van der Waals surface area contributed by atoms with E-state index in [0.717, 1.165) is 13.0 Å². The summed E-state index contributed by atoms with van der Waals surface area (Å²) in [7, 11) is 0. The van der Waals surface area contributed by atoms with E-state index in [1.165, 1.54) is 6.07 Å². The van der Waals surface area contributed by atoms with Gasteiger partial charge in [-0.05, 0) is 25.1 Å². The van der Waals surface area contributed by atoms with Crippen LogP contribution >= 0.6 is 24.0 Å². The first-order valence-corrected chi connectivity index (χ1v) is 4.34. The highest BCUT2D eigenvalue weighted by molar-refractivity contribution is 6.31. The third kappa shape index (κ3) is 1.96. The van der Waals surface area contributed by atoms with Crippen LogP contribution in [-0.2, 0) is 0 Å². The second-order valence-electron chi connectivity index (χ2n) is 2.93. The molecule has 0 unspecified atom stereocenters. The molecular formula is C9H10Cl2FN. The largest absolute Gasteiger partial charge is 0.310 e. The van der Waals surface area contributed by atoms with Crippen molar-refractivity contribution in [2.45, 2.75) is 12.5 Å². The van der Waals surface area contributed by atoms with Crippen LogP contribution in [0.2, 0.25) is 5.02 Å². The molecule has 1 fully saturated rings. The fraction of sp³-hybridized carbons (Fsp3) is 0.333. The average molecular weight is 222 g/mol. The molecule has 2 rings (SSSR count). The SMILES string of the molecule is Cl.Fc1cccc(Cl)c1[C@@H]1CCN1. The van der Waals surface area contributed by atoms with E-state index in [1.807, 2.05) is 0 Å². The molecule has 0 radical (unpaired) electrons. The van der Waals surface area contributed by atoms with Gasteiger partial charge in [-0.2, -0.15) is 0 Å². The Kier molecular flexibility index (Phi) is 3.54. The zero-order chi connectivity index (χ0) is 8.55. The van der Waals surface area contributed by atoms with E-state index in [9.17, 15) is 4.39 Å². The van der Waals surface area contributed by atoms with Gasteiger partial charge >= 0.3 is 0 Å². The van der Waals surface area contributed by atoms with Crippen molar-refractivity contribution < 1.29 is 4.39 Å². The molecule has 1 aromatic rings. The first-order chi connectivity index (χ1) is 5.79. The molecule has 0 bridgehead atoms. The number of hydrogen-bond acceptors (Lipinski definition) is 1. The Morgan fingerprint density at radius 2 is 2.15 bits per heavy atom. The lowest BCUT2D eigenvalue weighted by Crippen LogP contribution is -2.35. The molecule has 0 saturated carbocycles. The summed E-state index contributed by atoms with van der Waals surface area (Å²) in [5.41, 5.74) is 0.616. The smallest absolute Gasteiger partial charge is 0.129 e. The Morgan fingerprint density at radius 1 is 1.46 bits per heavy atom. The molecule has 1 N–H and O–H groups in total. The van der Waals surface area contributed by atoms with Gasteiger partial charge in [0.15, 0.2) is 0 Å². The van der Waals surface area contributed by atoms with Crippen molar-refractivity contribution in [1.82, 2.24) is 5.32 Å². The van der Waals surface area contributed by atoms with Gasteiger partial charge in [-0.3, -0.25) is 0 Å². The number of halogens is 3. The number of hydrogen-bond donors (Lipinski definition) is 1. The van der Waals surface area contributed by atoms with Crippen molar-refractivity contribution in [3.8, 4) is 0 Å². The van der Waals surface area contributed by atoms with E-state index in [1.54, 1.807) is 12.1 Å². The molecule has 0 aromatic heterocycles. The molecule has 1 heterocycles. The minimum absolute atomic E-state index is 0. The van der Waals surface area contributed by atoms with Gasteiger partial charge in [0, 0.05) is 16.6 Å². The fourth-order valence-corrected chi connectivity index (χ4v) is 1.67. The van der Waals surface area contributed by atoms with Crippen LogP contribution < -0.4 is 5.32 Å². The lowest BCUT2D eigenvalue weighted by molar-refractivity contribution is 0.370. The minimum atomic E-state index is -0.209. The molecule has 1 saturated heterocycles. The maximum absolute atomic E-state index is 13.2. The first kappa shape index (κ1) is 10.8. The summed E-state index contributed by atoms with van der Waals surface area (Å²) in [5, 5.41) is 3.64. The standard InChI is InChI=1S/C9H9ClFN.ClH/c10-6-2-1-3-7(11)9(6)8-4-5-12-8;/h1-3,8,12H,4-5H2;1H/t8-;/m0./s1. The minimum Gasteiger partial charge on any atom is -0.310 e. The Hall–Kier alpha value is -0.310. The number of benzene rings is 1.